The maximum atomic E-state index is 12.7. The fourth-order valence-corrected chi connectivity index (χ4v) is 4.40. The Morgan fingerprint density at radius 2 is 2.08 bits per heavy atom. The molecule has 6 heteroatoms. The minimum Gasteiger partial charge on any atom is -0.455 e. The maximum absolute atomic E-state index is 12.7. The fourth-order valence-electron chi connectivity index (χ4n) is 4.40. The van der Waals surface area contributed by atoms with Gasteiger partial charge in [-0.3, -0.25) is 4.79 Å². The zero-order chi connectivity index (χ0) is 18.9. The Morgan fingerprint density at radius 1 is 1.35 bits per heavy atom. The van der Waals surface area contributed by atoms with Gasteiger partial charge in [0.1, 0.15) is 23.9 Å². The van der Waals surface area contributed by atoms with Crippen molar-refractivity contribution >= 4 is 11.8 Å². The standard InChI is InChI=1S/C20H24O6/c1-10(2)14-6-5-12-7-13(24-17(12)22)9-19(4)18(26-19)20(23)8-11(3)15(21)16(14)25-20/h7-8,13-14,16,18,23H,1,5-6,9H2,2-4H3/t13-,14+,16-,18-,19-,20-/m1/s1. The number of ketones is 1. The molecule has 0 amide bonds. The molecule has 0 aromatic carbocycles. The van der Waals surface area contributed by atoms with Gasteiger partial charge in [-0.05, 0) is 51.3 Å². The van der Waals surface area contributed by atoms with E-state index >= 15 is 0 Å². The molecule has 4 heterocycles. The average molecular weight is 360 g/mol. The van der Waals surface area contributed by atoms with Crippen LogP contribution in [0.5, 0.6) is 0 Å². The lowest BCUT2D eigenvalue weighted by Crippen LogP contribution is -2.51. The smallest absolute Gasteiger partial charge is 0.334 e. The lowest BCUT2D eigenvalue weighted by atomic mass is 9.82. The van der Waals surface area contributed by atoms with Crippen LogP contribution in [-0.2, 0) is 23.8 Å². The van der Waals surface area contributed by atoms with E-state index in [1.165, 1.54) is 6.08 Å². The Bertz CT molecular complexity index is 764. The first-order chi connectivity index (χ1) is 12.1. The summed E-state index contributed by atoms with van der Waals surface area (Å²) in [5.74, 6) is -2.48. The van der Waals surface area contributed by atoms with Gasteiger partial charge in [-0.15, -0.1) is 0 Å². The van der Waals surface area contributed by atoms with Crippen molar-refractivity contribution in [2.75, 3.05) is 0 Å². The molecule has 0 unspecified atom stereocenters. The highest BCUT2D eigenvalue weighted by atomic mass is 16.7. The van der Waals surface area contributed by atoms with E-state index in [1.807, 2.05) is 19.9 Å². The third kappa shape index (κ3) is 2.68. The van der Waals surface area contributed by atoms with Crippen molar-refractivity contribution < 1.29 is 28.9 Å². The van der Waals surface area contributed by atoms with E-state index in [0.717, 1.165) is 5.57 Å². The van der Waals surface area contributed by atoms with Crippen LogP contribution in [0.1, 0.15) is 40.0 Å². The Balaban J connectivity index is 1.76. The Morgan fingerprint density at radius 3 is 2.77 bits per heavy atom. The van der Waals surface area contributed by atoms with Crippen LogP contribution >= 0.6 is 0 Å². The fraction of sp³-hybridized carbons (Fsp3) is 0.600. The second kappa shape index (κ2) is 5.62. The Kier molecular flexibility index (Phi) is 3.81. The highest BCUT2D eigenvalue weighted by Gasteiger charge is 2.66. The van der Waals surface area contributed by atoms with Crippen molar-refractivity contribution in [1.82, 2.24) is 0 Å². The molecular formula is C20H24O6. The van der Waals surface area contributed by atoms with Crippen LogP contribution in [0.25, 0.3) is 0 Å². The predicted molar refractivity (Wildman–Crippen MR) is 92.0 cm³/mol. The summed E-state index contributed by atoms with van der Waals surface area (Å²) in [6, 6.07) is 0. The first kappa shape index (κ1) is 17.6. The topological polar surface area (TPSA) is 85.4 Å². The minimum atomic E-state index is -1.68. The largest absolute Gasteiger partial charge is 0.455 e. The summed E-state index contributed by atoms with van der Waals surface area (Å²) in [5, 5.41) is 11.1. The number of aliphatic hydroxyl groups is 1. The van der Waals surface area contributed by atoms with Gasteiger partial charge in [0.05, 0.1) is 0 Å². The van der Waals surface area contributed by atoms with E-state index in [0.29, 0.717) is 30.4 Å². The lowest BCUT2D eigenvalue weighted by Gasteiger charge is -2.38. The van der Waals surface area contributed by atoms with Gasteiger partial charge >= 0.3 is 5.97 Å². The molecule has 26 heavy (non-hydrogen) atoms. The van der Waals surface area contributed by atoms with E-state index in [1.54, 1.807) is 6.92 Å². The van der Waals surface area contributed by atoms with E-state index in [-0.39, 0.29) is 23.8 Å². The second-order valence-corrected chi connectivity index (χ2v) is 8.12. The third-order valence-corrected chi connectivity index (χ3v) is 5.88. The molecule has 6 nitrogen and oxygen atoms in total. The number of epoxide rings is 1. The number of Topliss-reactive ketones (excluding diaryl/α,β-unsaturated/α-hetero) is 1. The summed E-state index contributed by atoms with van der Waals surface area (Å²) in [7, 11) is 0. The molecule has 140 valence electrons. The molecule has 1 fully saturated rings. The van der Waals surface area contributed by atoms with Crippen molar-refractivity contribution in [3.8, 4) is 0 Å². The number of hydrogen-bond acceptors (Lipinski definition) is 6. The van der Waals surface area contributed by atoms with Crippen molar-refractivity contribution in [2.24, 2.45) is 5.92 Å². The van der Waals surface area contributed by atoms with Gasteiger partial charge in [0.15, 0.2) is 5.78 Å². The minimum absolute atomic E-state index is 0.164. The highest BCUT2D eigenvalue weighted by Crippen LogP contribution is 2.51. The average Bonchev–Trinajstić information content (AvgIpc) is 3.09. The van der Waals surface area contributed by atoms with Gasteiger partial charge in [0.2, 0.25) is 5.79 Å². The lowest BCUT2D eigenvalue weighted by molar-refractivity contribution is -0.220. The summed E-state index contributed by atoms with van der Waals surface area (Å²) in [4.78, 5) is 24.9. The summed E-state index contributed by atoms with van der Waals surface area (Å²) in [6.45, 7) is 9.37. The highest BCUT2D eigenvalue weighted by molar-refractivity contribution is 5.99. The van der Waals surface area contributed by atoms with Gasteiger partial charge in [0, 0.05) is 17.9 Å². The number of carbonyl (C=O) groups is 2. The number of ether oxygens (including phenoxy) is 3. The first-order valence-corrected chi connectivity index (χ1v) is 9.02. The third-order valence-electron chi connectivity index (χ3n) is 5.88. The van der Waals surface area contributed by atoms with E-state index < -0.39 is 23.6 Å². The summed E-state index contributed by atoms with van der Waals surface area (Å²) in [5.41, 5.74) is 1.17. The SMILES string of the molecule is C=C(C)[C@@H]1CCC2=C[C@H](C[C@@]3(C)O[C@H]3[C@@]3(O)C=C(C)C(=O)[C@@H]1O3)OC2=O. The van der Waals surface area contributed by atoms with Gasteiger partial charge in [-0.2, -0.15) is 0 Å². The van der Waals surface area contributed by atoms with Crippen LogP contribution in [0, 0.1) is 5.92 Å². The zero-order valence-corrected chi connectivity index (χ0v) is 15.3. The number of carbonyl (C=O) groups excluding carboxylic acids is 2. The van der Waals surface area contributed by atoms with Crippen molar-refractivity contribution in [1.29, 1.82) is 0 Å². The van der Waals surface area contributed by atoms with E-state index in [2.05, 4.69) is 6.58 Å². The van der Waals surface area contributed by atoms with Crippen LogP contribution < -0.4 is 0 Å². The summed E-state index contributed by atoms with van der Waals surface area (Å²) < 4.78 is 17.2. The molecule has 4 aliphatic heterocycles. The number of fused-ring (bicyclic) bond motifs is 5. The molecule has 0 aromatic heterocycles. The van der Waals surface area contributed by atoms with Crippen LogP contribution in [0.4, 0.5) is 0 Å². The molecule has 6 atom stereocenters. The molecule has 0 radical (unpaired) electrons. The normalized spacial score (nSPS) is 44.8. The van der Waals surface area contributed by atoms with Gasteiger partial charge in [0.25, 0.3) is 0 Å². The number of rotatable bonds is 1. The molecule has 4 bridgehead atoms. The van der Waals surface area contributed by atoms with E-state index in [4.69, 9.17) is 14.2 Å². The molecule has 4 rings (SSSR count). The molecule has 0 aromatic rings. The van der Waals surface area contributed by atoms with Crippen LogP contribution in [-0.4, -0.2) is 46.6 Å². The van der Waals surface area contributed by atoms with Crippen LogP contribution in [0.15, 0.2) is 35.5 Å². The predicted octanol–water partition coefficient (Wildman–Crippen LogP) is 1.97. The molecule has 0 saturated carbocycles. The molecule has 1 saturated heterocycles. The van der Waals surface area contributed by atoms with Crippen molar-refractivity contribution in [3.63, 3.8) is 0 Å². The number of hydrogen-bond donors (Lipinski definition) is 1. The maximum Gasteiger partial charge on any atom is 0.334 e. The van der Waals surface area contributed by atoms with Crippen LogP contribution in [0.3, 0.4) is 0 Å². The van der Waals surface area contributed by atoms with Gasteiger partial charge in [-0.25, -0.2) is 4.79 Å². The molecular weight excluding hydrogens is 336 g/mol. The van der Waals surface area contributed by atoms with Gasteiger partial charge < -0.3 is 19.3 Å². The Hall–Kier alpha value is -1.76. The van der Waals surface area contributed by atoms with Gasteiger partial charge in [-0.1, -0.05) is 12.2 Å². The Labute approximate surface area is 152 Å². The zero-order valence-electron chi connectivity index (χ0n) is 15.3. The summed E-state index contributed by atoms with van der Waals surface area (Å²) in [6.07, 6.45) is 2.88. The van der Waals surface area contributed by atoms with E-state index in [9.17, 15) is 14.7 Å². The monoisotopic (exact) mass is 360 g/mol. The quantitative estimate of drug-likeness (QED) is 0.437. The molecule has 4 aliphatic rings. The van der Waals surface area contributed by atoms with Crippen LogP contribution in [0.2, 0.25) is 0 Å². The molecule has 1 N–H and O–H groups in total. The first-order valence-electron chi connectivity index (χ1n) is 9.02. The van der Waals surface area contributed by atoms with Crippen molar-refractivity contribution in [2.45, 2.75) is 69.7 Å². The molecule has 0 aliphatic carbocycles. The van der Waals surface area contributed by atoms with Crippen molar-refractivity contribution in [3.05, 3.63) is 35.5 Å². The molecule has 0 spiro atoms. The number of esters is 1. The summed E-state index contributed by atoms with van der Waals surface area (Å²) >= 11 is 0. The second-order valence-electron chi connectivity index (χ2n) is 8.12.